The Morgan fingerprint density at radius 1 is 1.23 bits per heavy atom. The molecule has 1 aliphatic rings. The van der Waals surface area contributed by atoms with Crippen LogP contribution in [0.15, 0.2) is 36.5 Å². The van der Waals surface area contributed by atoms with Crippen LogP contribution in [0.4, 0.5) is 4.39 Å². The Labute approximate surface area is 129 Å². The number of nitrogens with zero attached hydrogens (tertiary/aromatic N) is 2. The smallest absolute Gasteiger partial charge is 0.271 e. The third-order valence-electron chi connectivity index (χ3n) is 4.20. The molecule has 4 nitrogen and oxygen atoms in total. The Morgan fingerprint density at radius 2 is 2.00 bits per heavy atom. The fraction of sp³-hybridized carbons (Fsp3) is 0.412. The zero-order valence-corrected chi connectivity index (χ0v) is 12.5. The summed E-state index contributed by atoms with van der Waals surface area (Å²) in [4.78, 5) is 12.1. The van der Waals surface area contributed by atoms with Gasteiger partial charge in [0.15, 0.2) is 5.69 Å². The summed E-state index contributed by atoms with van der Waals surface area (Å²) in [6.07, 6.45) is 7.78. The molecular formula is C17H20FN3O. The van der Waals surface area contributed by atoms with Gasteiger partial charge in [0.2, 0.25) is 0 Å². The molecule has 22 heavy (non-hydrogen) atoms. The number of carbonyl (C=O) groups excluding carboxylic acids is 1. The van der Waals surface area contributed by atoms with Crippen LogP contribution >= 0.6 is 0 Å². The molecule has 0 radical (unpaired) electrons. The SMILES string of the molecule is O=C(NCC1CCCCC1)c1ccn(-c2ccccc2F)n1. The number of carbonyl (C=O) groups is 1. The highest BCUT2D eigenvalue weighted by molar-refractivity contribution is 5.92. The predicted octanol–water partition coefficient (Wildman–Crippen LogP) is 3.32. The van der Waals surface area contributed by atoms with Crippen molar-refractivity contribution < 1.29 is 9.18 Å². The average Bonchev–Trinajstić information content (AvgIpc) is 3.04. The number of hydrogen-bond acceptors (Lipinski definition) is 2. The van der Waals surface area contributed by atoms with E-state index in [9.17, 15) is 9.18 Å². The first-order chi connectivity index (χ1) is 10.7. The number of nitrogens with one attached hydrogen (secondary N) is 1. The highest BCUT2D eigenvalue weighted by Crippen LogP contribution is 2.22. The van der Waals surface area contributed by atoms with Crippen LogP contribution in [0.1, 0.15) is 42.6 Å². The van der Waals surface area contributed by atoms with Crippen molar-refractivity contribution in [2.24, 2.45) is 5.92 Å². The number of aromatic nitrogens is 2. The van der Waals surface area contributed by atoms with Gasteiger partial charge in [0.1, 0.15) is 11.5 Å². The van der Waals surface area contributed by atoms with Gasteiger partial charge in [-0.3, -0.25) is 4.79 Å². The van der Waals surface area contributed by atoms with Gasteiger partial charge in [0.25, 0.3) is 5.91 Å². The third-order valence-corrected chi connectivity index (χ3v) is 4.20. The summed E-state index contributed by atoms with van der Waals surface area (Å²) in [5, 5.41) is 7.11. The maximum absolute atomic E-state index is 13.7. The van der Waals surface area contributed by atoms with E-state index in [-0.39, 0.29) is 11.7 Å². The molecule has 1 fully saturated rings. The predicted molar refractivity (Wildman–Crippen MR) is 82.4 cm³/mol. The number of benzene rings is 1. The monoisotopic (exact) mass is 301 g/mol. The maximum atomic E-state index is 13.7. The molecule has 1 aliphatic carbocycles. The van der Waals surface area contributed by atoms with E-state index in [4.69, 9.17) is 0 Å². The average molecular weight is 301 g/mol. The first-order valence-electron chi connectivity index (χ1n) is 7.83. The summed E-state index contributed by atoms with van der Waals surface area (Å²) in [6.45, 7) is 0.700. The Morgan fingerprint density at radius 3 is 2.77 bits per heavy atom. The molecule has 0 spiro atoms. The van der Waals surface area contributed by atoms with Gasteiger partial charge in [-0.25, -0.2) is 9.07 Å². The lowest BCUT2D eigenvalue weighted by Crippen LogP contribution is -2.30. The van der Waals surface area contributed by atoms with Crippen LogP contribution in [0.2, 0.25) is 0 Å². The largest absolute Gasteiger partial charge is 0.350 e. The second-order valence-corrected chi connectivity index (χ2v) is 5.81. The van der Waals surface area contributed by atoms with Gasteiger partial charge in [-0.2, -0.15) is 5.10 Å². The van der Waals surface area contributed by atoms with Crippen molar-refractivity contribution in [2.45, 2.75) is 32.1 Å². The van der Waals surface area contributed by atoms with E-state index in [0.29, 0.717) is 23.8 Å². The zero-order chi connectivity index (χ0) is 15.4. The molecule has 0 bridgehead atoms. The van der Waals surface area contributed by atoms with Crippen LogP contribution in [0.5, 0.6) is 0 Å². The van der Waals surface area contributed by atoms with Crippen molar-refractivity contribution in [3.05, 3.63) is 48.0 Å². The molecule has 1 amide bonds. The number of hydrogen-bond donors (Lipinski definition) is 1. The summed E-state index contributed by atoms with van der Waals surface area (Å²) >= 11 is 0. The zero-order valence-electron chi connectivity index (χ0n) is 12.5. The van der Waals surface area contributed by atoms with Crippen molar-refractivity contribution >= 4 is 5.91 Å². The molecule has 0 unspecified atom stereocenters. The molecule has 1 heterocycles. The van der Waals surface area contributed by atoms with E-state index in [1.54, 1.807) is 30.5 Å². The molecule has 0 aliphatic heterocycles. The van der Waals surface area contributed by atoms with Gasteiger partial charge in [-0.05, 0) is 37.0 Å². The highest BCUT2D eigenvalue weighted by Gasteiger charge is 2.16. The molecule has 5 heteroatoms. The van der Waals surface area contributed by atoms with Crippen LogP contribution in [-0.2, 0) is 0 Å². The summed E-state index contributed by atoms with van der Waals surface area (Å²) in [5.74, 6) is 0.0202. The van der Waals surface area contributed by atoms with E-state index in [0.717, 1.165) is 0 Å². The van der Waals surface area contributed by atoms with Crippen LogP contribution < -0.4 is 5.32 Å². The molecule has 2 aromatic rings. The quantitative estimate of drug-likeness (QED) is 0.941. The Bertz CT molecular complexity index is 647. The standard InChI is InChI=1S/C17H20FN3O/c18-14-8-4-5-9-16(14)21-11-10-15(20-21)17(22)19-12-13-6-2-1-3-7-13/h4-5,8-11,13H,1-3,6-7,12H2,(H,19,22). The minimum Gasteiger partial charge on any atom is -0.350 e. The fourth-order valence-electron chi connectivity index (χ4n) is 2.94. The minimum absolute atomic E-state index is 0.194. The highest BCUT2D eigenvalue weighted by atomic mass is 19.1. The number of para-hydroxylation sites is 1. The Balaban J connectivity index is 1.63. The molecule has 116 valence electrons. The second kappa shape index (κ2) is 6.73. The van der Waals surface area contributed by atoms with E-state index in [2.05, 4.69) is 10.4 Å². The first-order valence-corrected chi connectivity index (χ1v) is 7.83. The summed E-state index contributed by atoms with van der Waals surface area (Å²) in [6, 6.07) is 7.98. The molecule has 0 atom stereocenters. The Hall–Kier alpha value is -2.17. The van der Waals surface area contributed by atoms with Gasteiger partial charge in [-0.1, -0.05) is 31.4 Å². The summed E-state index contributed by atoms with van der Waals surface area (Å²) < 4.78 is 15.1. The molecular weight excluding hydrogens is 281 g/mol. The van der Waals surface area contributed by atoms with Crippen LogP contribution in [0.25, 0.3) is 5.69 Å². The van der Waals surface area contributed by atoms with Gasteiger partial charge < -0.3 is 5.32 Å². The van der Waals surface area contributed by atoms with E-state index in [1.165, 1.54) is 42.9 Å². The number of amides is 1. The van der Waals surface area contributed by atoms with Crippen molar-refractivity contribution in [2.75, 3.05) is 6.54 Å². The summed E-state index contributed by atoms with van der Waals surface area (Å²) in [7, 11) is 0. The first kappa shape index (κ1) is 14.8. The van der Waals surface area contributed by atoms with E-state index >= 15 is 0 Å². The topological polar surface area (TPSA) is 46.9 Å². The molecule has 1 aromatic carbocycles. The lowest BCUT2D eigenvalue weighted by molar-refractivity contribution is 0.0938. The molecule has 0 saturated heterocycles. The molecule has 1 N–H and O–H groups in total. The second-order valence-electron chi connectivity index (χ2n) is 5.81. The Kier molecular flexibility index (Phi) is 4.51. The van der Waals surface area contributed by atoms with Crippen molar-refractivity contribution in [1.82, 2.24) is 15.1 Å². The van der Waals surface area contributed by atoms with E-state index in [1.807, 2.05) is 0 Å². The lowest BCUT2D eigenvalue weighted by atomic mass is 9.89. The molecule has 1 aromatic heterocycles. The van der Waals surface area contributed by atoms with Gasteiger partial charge in [0, 0.05) is 12.7 Å². The summed E-state index contributed by atoms with van der Waals surface area (Å²) in [5.41, 5.74) is 0.660. The fourth-order valence-corrected chi connectivity index (χ4v) is 2.94. The number of rotatable bonds is 4. The molecule has 1 saturated carbocycles. The van der Waals surface area contributed by atoms with Gasteiger partial charge in [-0.15, -0.1) is 0 Å². The van der Waals surface area contributed by atoms with Crippen molar-refractivity contribution in [1.29, 1.82) is 0 Å². The normalized spacial score (nSPS) is 15.7. The maximum Gasteiger partial charge on any atom is 0.271 e. The number of halogens is 1. The lowest BCUT2D eigenvalue weighted by Gasteiger charge is -2.21. The van der Waals surface area contributed by atoms with Crippen LogP contribution in [-0.4, -0.2) is 22.2 Å². The van der Waals surface area contributed by atoms with Gasteiger partial charge in [0.05, 0.1) is 0 Å². The van der Waals surface area contributed by atoms with Crippen LogP contribution in [0.3, 0.4) is 0 Å². The third kappa shape index (κ3) is 3.35. The molecule has 3 rings (SSSR count). The van der Waals surface area contributed by atoms with Crippen molar-refractivity contribution in [3.8, 4) is 5.69 Å². The minimum atomic E-state index is -0.361. The van der Waals surface area contributed by atoms with E-state index < -0.39 is 0 Å². The van der Waals surface area contributed by atoms with Crippen molar-refractivity contribution in [3.63, 3.8) is 0 Å². The van der Waals surface area contributed by atoms with Crippen LogP contribution in [0, 0.1) is 11.7 Å². The van der Waals surface area contributed by atoms with Gasteiger partial charge >= 0.3 is 0 Å².